The van der Waals surface area contributed by atoms with Crippen molar-refractivity contribution in [2.45, 2.75) is 6.54 Å². The number of ether oxygens (including phenoxy) is 1. The lowest BCUT2D eigenvalue weighted by Crippen LogP contribution is -1.99. The molecule has 0 atom stereocenters. The molecule has 1 heterocycles. The van der Waals surface area contributed by atoms with E-state index in [1.54, 1.807) is 12.4 Å². The van der Waals surface area contributed by atoms with Gasteiger partial charge in [0.25, 0.3) is 0 Å². The average molecular weight is 359 g/mol. The van der Waals surface area contributed by atoms with Crippen molar-refractivity contribution in [3.8, 4) is 11.8 Å². The second kappa shape index (κ2) is 5.57. The summed E-state index contributed by atoms with van der Waals surface area (Å²) in [6.45, 7) is 0.419. The van der Waals surface area contributed by atoms with Crippen LogP contribution in [0.25, 0.3) is 0 Å². The van der Waals surface area contributed by atoms with Gasteiger partial charge in [0.05, 0.1) is 4.47 Å². The molecule has 0 amide bonds. The molecule has 17 heavy (non-hydrogen) atoms. The zero-order valence-electron chi connectivity index (χ0n) is 8.73. The fraction of sp³-hybridized carbons (Fsp3) is 0.0909. The molecular formula is C11H9Br2N3O. The minimum absolute atomic E-state index is 0.297. The first-order chi connectivity index (χ1) is 8.19. The van der Waals surface area contributed by atoms with E-state index in [1.165, 1.54) is 0 Å². The fourth-order valence-corrected chi connectivity index (χ4v) is 2.29. The third kappa shape index (κ3) is 3.24. The van der Waals surface area contributed by atoms with Crippen molar-refractivity contribution < 1.29 is 4.74 Å². The third-order valence-corrected chi connectivity index (χ3v) is 3.13. The van der Waals surface area contributed by atoms with Crippen molar-refractivity contribution in [1.29, 1.82) is 0 Å². The van der Waals surface area contributed by atoms with E-state index in [0.717, 1.165) is 14.5 Å². The lowest BCUT2D eigenvalue weighted by molar-refractivity contribution is 0.438. The summed E-state index contributed by atoms with van der Waals surface area (Å²) in [5, 5.41) is 0. The largest absolute Gasteiger partial charge is 0.423 e. The van der Waals surface area contributed by atoms with Crippen LogP contribution in [0.3, 0.4) is 0 Å². The molecule has 0 unspecified atom stereocenters. The first-order valence-corrected chi connectivity index (χ1v) is 6.41. The van der Waals surface area contributed by atoms with Gasteiger partial charge in [0.2, 0.25) is 0 Å². The van der Waals surface area contributed by atoms with Crippen LogP contribution >= 0.6 is 31.9 Å². The molecule has 4 nitrogen and oxygen atoms in total. The Morgan fingerprint density at radius 1 is 1.18 bits per heavy atom. The maximum absolute atomic E-state index is 5.53. The van der Waals surface area contributed by atoms with Crippen LogP contribution in [0.15, 0.2) is 39.5 Å². The van der Waals surface area contributed by atoms with Crippen LogP contribution in [0.4, 0.5) is 0 Å². The van der Waals surface area contributed by atoms with Crippen molar-refractivity contribution in [3.63, 3.8) is 0 Å². The summed E-state index contributed by atoms with van der Waals surface area (Å²) in [5.41, 5.74) is 6.33. The molecule has 0 aliphatic heterocycles. The molecule has 2 aromatic rings. The van der Waals surface area contributed by atoms with Gasteiger partial charge in [-0.25, -0.2) is 9.97 Å². The molecule has 0 bridgehead atoms. The molecule has 2 N–H and O–H groups in total. The number of rotatable bonds is 3. The first-order valence-electron chi connectivity index (χ1n) is 4.83. The number of benzene rings is 1. The molecule has 0 saturated carbocycles. The molecule has 6 heteroatoms. The summed E-state index contributed by atoms with van der Waals surface area (Å²) in [6, 6.07) is 5.90. The molecule has 1 aromatic heterocycles. The van der Waals surface area contributed by atoms with Gasteiger partial charge in [-0.2, -0.15) is 0 Å². The number of nitrogens with zero attached hydrogens (tertiary/aromatic N) is 2. The Hall–Kier alpha value is -0.980. The minimum atomic E-state index is 0.297. The normalized spacial score (nSPS) is 10.3. The number of halogens is 2. The van der Waals surface area contributed by atoms with Gasteiger partial charge >= 0.3 is 6.01 Å². The van der Waals surface area contributed by atoms with Crippen molar-refractivity contribution in [2.24, 2.45) is 5.73 Å². The van der Waals surface area contributed by atoms with E-state index in [1.807, 2.05) is 18.2 Å². The van der Waals surface area contributed by atoms with Gasteiger partial charge in [-0.15, -0.1) is 0 Å². The molecule has 88 valence electrons. The van der Waals surface area contributed by atoms with E-state index >= 15 is 0 Å². The van der Waals surface area contributed by atoms with Crippen LogP contribution in [0.2, 0.25) is 0 Å². The predicted molar refractivity (Wildman–Crippen MR) is 71.8 cm³/mol. The summed E-state index contributed by atoms with van der Waals surface area (Å²) in [6.07, 6.45) is 3.30. The van der Waals surface area contributed by atoms with E-state index in [4.69, 9.17) is 10.5 Å². The highest BCUT2D eigenvalue weighted by atomic mass is 79.9. The fourth-order valence-electron chi connectivity index (χ4n) is 1.16. The Kier molecular flexibility index (Phi) is 4.09. The molecule has 0 radical (unpaired) electrons. The van der Waals surface area contributed by atoms with Crippen molar-refractivity contribution in [3.05, 3.63) is 45.1 Å². The second-order valence-corrected chi connectivity index (χ2v) is 5.02. The molecule has 0 aliphatic carbocycles. The molecule has 1 aromatic carbocycles. The summed E-state index contributed by atoms with van der Waals surface area (Å²) >= 11 is 6.77. The van der Waals surface area contributed by atoms with Crippen LogP contribution in [0, 0.1) is 0 Å². The predicted octanol–water partition coefficient (Wildman–Crippen LogP) is 3.25. The number of hydrogen-bond donors (Lipinski definition) is 1. The maximum atomic E-state index is 5.53. The van der Waals surface area contributed by atoms with Crippen LogP contribution in [0.1, 0.15) is 5.56 Å². The van der Waals surface area contributed by atoms with Crippen LogP contribution in [0.5, 0.6) is 11.8 Å². The van der Waals surface area contributed by atoms with E-state index in [0.29, 0.717) is 18.3 Å². The summed E-state index contributed by atoms with van der Waals surface area (Å²) < 4.78 is 7.33. The third-order valence-electron chi connectivity index (χ3n) is 2.01. The minimum Gasteiger partial charge on any atom is -0.423 e. The Balaban J connectivity index is 2.19. The lowest BCUT2D eigenvalue weighted by Gasteiger charge is -2.06. The topological polar surface area (TPSA) is 61.0 Å². The van der Waals surface area contributed by atoms with E-state index < -0.39 is 0 Å². The summed E-state index contributed by atoms with van der Waals surface area (Å²) in [7, 11) is 0. The molecule has 0 spiro atoms. The zero-order valence-corrected chi connectivity index (χ0v) is 11.9. The summed E-state index contributed by atoms with van der Waals surface area (Å²) in [5.74, 6) is 0.661. The van der Waals surface area contributed by atoms with Crippen LogP contribution < -0.4 is 10.5 Å². The van der Waals surface area contributed by atoms with Gasteiger partial charge in [0.1, 0.15) is 5.75 Å². The highest BCUT2D eigenvalue weighted by molar-refractivity contribution is 9.11. The smallest absolute Gasteiger partial charge is 0.321 e. The SMILES string of the molecule is NCc1cnc(Oc2ccc(Br)cc2Br)nc1. The Bertz CT molecular complexity index is 517. The van der Waals surface area contributed by atoms with Crippen LogP contribution in [-0.4, -0.2) is 9.97 Å². The number of nitrogens with two attached hydrogens (primary N) is 1. The highest BCUT2D eigenvalue weighted by Gasteiger charge is 2.05. The number of aromatic nitrogens is 2. The standard InChI is InChI=1S/C11H9Br2N3O/c12-8-1-2-10(9(13)3-8)17-11-15-5-7(4-14)6-16-11/h1-3,5-6H,4,14H2. The maximum Gasteiger partial charge on any atom is 0.321 e. The van der Waals surface area contributed by atoms with Gasteiger partial charge in [0, 0.05) is 29.0 Å². The molecule has 0 aliphatic rings. The van der Waals surface area contributed by atoms with Crippen molar-refractivity contribution in [1.82, 2.24) is 9.97 Å². The highest BCUT2D eigenvalue weighted by Crippen LogP contribution is 2.30. The van der Waals surface area contributed by atoms with E-state index in [9.17, 15) is 0 Å². The van der Waals surface area contributed by atoms with Crippen molar-refractivity contribution >= 4 is 31.9 Å². The summed E-state index contributed by atoms with van der Waals surface area (Å²) in [4.78, 5) is 8.12. The second-order valence-electron chi connectivity index (χ2n) is 3.25. The molecular weight excluding hydrogens is 350 g/mol. The quantitative estimate of drug-likeness (QED) is 0.914. The zero-order chi connectivity index (χ0) is 12.3. The first kappa shape index (κ1) is 12.5. The van der Waals surface area contributed by atoms with Gasteiger partial charge < -0.3 is 10.5 Å². The van der Waals surface area contributed by atoms with Gasteiger partial charge in [-0.3, -0.25) is 0 Å². The number of hydrogen-bond acceptors (Lipinski definition) is 4. The molecule has 0 fully saturated rings. The van der Waals surface area contributed by atoms with E-state index in [-0.39, 0.29) is 0 Å². The monoisotopic (exact) mass is 357 g/mol. The Morgan fingerprint density at radius 3 is 2.47 bits per heavy atom. The Labute approximate surface area is 115 Å². The molecule has 0 saturated heterocycles. The lowest BCUT2D eigenvalue weighted by atomic mass is 10.3. The van der Waals surface area contributed by atoms with Gasteiger partial charge in [0.15, 0.2) is 0 Å². The van der Waals surface area contributed by atoms with Gasteiger partial charge in [-0.1, -0.05) is 15.9 Å². The van der Waals surface area contributed by atoms with Crippen molar-refractivity contribution in [2.75, 3.05) is 0 Å². The van der Waals surface area contributed by atoms with Gasteiger partial charge in [-0.05, 0) is 34.1 Å². The van der Waals surface area contributed by atoms with E-state index in [2.05, 4.69) is 41.8 Å². The molecule has 2 rings (SSSR count). The van der Waals surface area contributed by atoms with Crippen LogP contribution in [-0.2, 0) is 6.54 Å². The average Bonchev–Trinajstić information content (AvgIpc) is 2.34. The Morgan fingerprint density at radius 2 is 1.88 bits per heavy atom.